The molecule has 0 N–H and O–H groups in total. The molecular weight excluding hydrogens is 468 g/mol. The van der Waals surface area contributed by atoms with Crippen LogP contribution in [0.2, 0.25) is 0 Å². The number of fused-ring (bicyclic) bond motifs is 1. The van der Waals surface area contributed by atoms with Crippen molar-refractivity contribution in [3.05, 3.63) is 28.8 Å². The number of hydrogen-bond acceptors (Lipinski definition) is 9. The lowest BCUT2D eigenvalue weighted by atomic mass is 9.68. The number of aromatic nitrogens is 2. The van der Waals surface area contributed by atoms with E-state index in [1.54, 1.807) is 40.8 Å². The first-order chi connectivity index (χ1) is 16.7. The molecule has 1 atom stereocenters. The van der Waals surface area contributed by atoms with Crippen LogP contribution in [-0.4, -0.2) is 59.4 Å². The van der Waals surface area contributed by atoms with Crippen molar-refractivity contribution in [2.45, 2.75) is 66.2 Å². The molecule has 0 saturated heterocycles. The molecule has 0 radical (unpaired) electrons. The first kappa shape index (κ1) is 28.9. The van der Waals surface area contributed by atoms with Gasteiger partial charge in [-0.3, -0.25) is 19.1 Å². The van der Waals surface area contributed by atoms with Crippen molar-refractivity contribution in [3.63, 3.8) is 0 Å². The number of allylic oxidation sites excluding steroid dienone is 2. The largest absolute Gasteiger partial charge is 0.493 e. The van der Waals surface area contributed by atoms with E-state index < -0.39 is 34.8 Å². The zero-order valence-corrected chi connectivity index (χ0v) is 22.4. The summed E-state index contributed by atoms with van der Waals surface area (Å²) in [5, 5.41) is 4.18. The predicted molar refractivity (Wildman–Crippen MR) is 129 cm³/mol. The molecule has 0 amide bonds. The highest BCUT2D eigenvalue weighted by Gasteiger charge is 2.47. The Kier molecular flexibility index (Phi) is 8.98. The summed E-state index contributed by atoms with van der Waals surface area (Å²) in [7, 11) is 3.06. The van der Waals surface area contributed by atoms with Crippen molar-refractivity contribution in [3.8, 4) is 0 Å². The van der Waals surface area contributed by atoms with Crippen molar-refractivity contribution < 1.29 is 38.2 Å². The topological polar surface area (TPSA) is 131 Å². The van der Waals surface area contributed by atoms with E-state index in [1.165, 1.54) is 11.8 Å². The minimum absolute atomic E-state index is 0.0508. The molecule has 198 valence electrons. The molecule has 3 rings (SSSR count). The second-order valence-electron chi connectivity index (χ2n) is 10.1. The monoisotopic (exact) mass is 504 g/mol. The first-order valence-electron chi connectivity index (χ1n) is 12.0. The van der Waals surface area contributed by atoms with Gasteiger partial charge in [-0.05, 0) is 43.6 Å². The molecule has 1 aromatic rings. The Morgan fingerprint density at radius 2 is 1.69 bits per heavy atom. The lowest BCUT2D eigenvalue weighted by Gasteiger charge is -2.34. The Balaban J connectivity index is 0.000000254. The molecule has 1 unspecified atom stereocenters. The number of carbonyl (C=O) groups is 5. The van der Waals surface area contributed by atoms with Crippen LogP contribution in [0.5, 0.6) is 0 Å². The molecule has 0 aliphatic heterocycles. The molecule has 2 aliphatic rings. The van der Waals surface area contributed by atoms with Gasteiger partial charge in [-0.1, -0.05) is 27.7 Å². The summed E-state index contributed by atoms with van der Waals surface area (Å²) >= 11 is 0. The Morgan fingerprint density at radius 1 is 1.08 bits per heavy atom. The first-order valence-corrected chi connectivity index (χ1v) is 12.0. The molecule has 0 spiro atoms. The average Bonchev–Trinajstić information content (AvgIpc) is 3.16. The van der Waals surface area contributed by atoms with Gasteiger partial charge >= 0.3 is 11.9 Å². The summed E-state index contributed by atoms with van der Waals surface area (Å²) in [6.07, 6.45) is 3.38. The lowest BCUT2D eigenvalue weighted by Crippen LogP contribution is -2.44. The Bertz CT molecular complexity index is 1090. The quantitative estimate of drug-likeness (QED) is 0.326. The fourth-order valence-corrected chi connectivity index (χ4v) is 4.55. The molecule has 10 heteroatoms. The Labute approximate surface area is 211 Å². The van der Waals surface area contributed by atoms with E-state index in [1.807, 2.05) is 13.8 Å². The number of Topliss-reactive ketones (excluding diaryl/α,β-unsaturated/α-hetero) is 3. The second-order valence-corrected chi connectivity index (χ2v) is 10.1. The van der Waals surface area contributed by atoms with Gasteiger partial charge < -0.3 is 14.2 Å². The molecule has 0 bridgehead atoms. The maximum atomic E-state index is 12.1. The number of ketones is 3. The highest BCUT2D eigenvalue weighted by atomic mass is 16.5. The van der Waals surface area contributed by atoms with Gasteiger partial charge in [0.25, 0.3) is 5.78 Å². The predicted octanol–water partition coefficient (Wildman–Crippen LogP) is 3.12. The van der Waals surface area contributed by atoms with E-state index in [-0.39, 0.29) is 29.3 Å². The van der Waals surface area contributed by atoms with Crippen molar-refractivity contribution in [2.75, 3.05) is 20.3 Å². The molecule has 1 aromatic heterocycles. The average molecular weight is 505 g/mol. The summed E-state index contributed by atoms with van der Waals surface area (Å²) in [6, 6.07) is 0. The fourth-order valence-electron chi connectivity index (χ4n) is 4.55. The third-order valence-corrected chi connectivity index (χ3v) is 6.49. The van der Waals surface area contributed by atoms with Gasteiger partial charge in [0.15, 0.2) is 17.2 Å². The minimum atomic E-state index is -1.03. The van der Waals surface area contributed by atoms with Crippen molar-refractivity contribution in [1.29, 1.82) is 0 Å². The molecule has 1 heterocycles. The molecule has 2 aliphatic carbocycles. The maximum absolute atomic E-state index is 12.1. The van der Waals surface area contributed by atoms with Crippen LogP contribution in [-0.2, 0) is 41.1 Å². The van der Waals surface area contributed by atoms with Crippen LogP contribution in [0.4, 0.5) is 0 Å². The maximum Gasteiger partial charge on any atom is 0.375 e. The van der Waals surface area contributed by atoms with Crippen molar-refractivity contribution in [1.82, 2.24) is 9.78 Å². The van der Waals surface area contributed by atoms with E-state index in [4.69, 9.17) is 9.47 Å². The third-order valence-electron chi connectivity index (χ3n) is 6.49. The summed E-state index contributed by atoms with van der Waals surface area (Å²) in [4.78, 5) is 59.5. The smallest absolute Gasteiger partial charge is 0.375 e. The van der Waals surface area contributed by atoms with Gasteiger partial charge in [0.1, 0.15) is 11.6 Å². The molecular formula is C26H36N2O8. The number of hydrogen-bond donors (Lipinski definition) is 0. The number of carbonyl (C=O) groups excluding carboxylic acids is 5. The fraction of sp³-hybridized carbons (Fsp3) is 0.615. The van der Waals surface area contributed by atoms with E-state index in [0.717, 1.165) is 12.0 Å². The zero-order chi connectivity index (χ0) is 27.4. The van der Waals surface area contributed by atoms with Gasteiger partial charge in [-0.25, -0.2) is 9.59 Å². The second kappa shape index (κ2) is 11.2. The number of ether oxygens (including phenoxy) is 3. The Morgan fingerprint density at radius 3 is 2.25 bits per heavy atom. The number of rotatable bonds is 6. The van der Waals surface area contributed by atoms with Gasteiger partial charge in [0.2, 0.25) is 5.78 Å². The SMILES string of the molecule is CCOC(=O)C(=O)C1C(=O)C(OC)=CCC1(C)C.CCOC(=O)c1nn(C)c2c1C(C)(C)CCC2=O. The normalized spacial score (nSPS) is 19.8. The van der Waals surface area contributed by atoms with Gasteiger partial charge in [0, 0.05) is 19.0 Å². The van der Waals surface area contributed by atoms with Crippen LogP contribution in [0.1, 0.15) is 87.3 Å². The summed E-state index contributed by atoms with van der Waals surface area (Å²) in [5.74, 6) is -3.50. The van der Waals surface area contributed by atoms with E-state index in [9.17, 15) is 24.0 Å². The van der Waals surface area contributed by atoms with Crippen LogP contribution < -0.4 is 0 Å². The molecule has 0 fully saturated rings. The molecule has 10 nitrogen and oxygen atoms in total. The van der Waals surface area contributed by atoms with Gasteiger partial charge in [0.05, 0.1) is 20.3 Å². The number of methoxy groups -OCH3 is 1. The van der Waals surface area contributed by atoms with E-state index >= 15 is 0 Å². The number of aryl methyl sites for hydroxylation is 1. The summed E-state index contributed by atoms with van der Waals surface area (Å²) in [6.45, 7) is 11.4. The molecule has 0 saturated carbocycles. The lowest BCUT2D eigenvalue weighted by molar-refractivity contribution is -0.159. The minimum Gasteiger partial charge on any atom is -0.493 e. The van der Waals surface area contributed by atoms with Crippen LogP contribution in [0.15, 0.2) is 11.8 Å². The molecule has 36 heavy (non-hydrogen) atoms. The van der Waals surface area contributed by atoms with E-state index in [2.05, 4.69) is 9.84 Å². The third kappa shape index (κ3) is 5.74. The summed E-state index contributed by atoms with van der Waals surface area (Å²) < 4.78 is 16.1. The van der Waals surface area contributed by atoms with Crippen molar-refractivity contribution in [2.24, 2.45) is 18.4 Å². The number of esters is 2. The molecule has 0 aromatic carbocycles. The van der Waals surface area contributed by atoms with E-state index in [0.29, 0.717) is 25.1 Å². The Hall–Kier alpha value is -3.30. The summed E-state index contributed by atoms with van der Waals surface area (Å²) in [5.41, 5.74) is 0.740. The zero-order valence-electron chi connectivity index (χ0n) is 22.4. The van der Waals surface area contributed by atoms with Gasteiger partial charge in [-0.15, -0.1) is 0 Å². The van der Waals surface area contributed by atoms with Crippen LogP contribution in [0, 0.1) is 11.3 Å². The highest BCUT2D eigenvalue weighted by Crippen LogP contribution is 2.39. The van der Waals surface area contributed by atoms with Gasteiger partial charge in [-0.2, -0.15) is 5.10 Å². The van der Waals surface area contributed by atoms with Crippen molar-refractivity contribution >= 4 is 29.3 Å². The number of nitrogens with zero attached hydrogens (tertiary/aromatic N) is 2. The highest BCUT2D eigenvalue weighted by molar-refractivity contribution is 6.39. The van der Waals surface area contributed by atoms with Crippen LogP contribution >= 0.6 is 0 Å². The van der Waals surface area contributed by atoms with Crippen LogP contribution in [0.3, 0.4) is 0 Å². The standard InChI is InChI=1S/C13H18N2O3.C13H18O5/c1-5-18-12(17)10-9-11(15(4)14-10)8(16)6-7-13(9,2)3;1-5-18-12(16)11(15)9-10(14)8(17-4)6-7-13(9,2)3/h5-7H2,1-4H3;6,9H,5,7H2,1-4H3. The van der Waals surface area contributed by atoms with Crippen LogP contribution in [0.25, 0.3) is 0 Å².